The van der Waals surface area contributed by atoms with E-state index in [0.29, 0.717) is 5.02 Å². The summed E-state index contributed by atoms with van der Waals surface area (Å²) >= 11 is 17.7. The van der Waals surface area contributed by atoms with Crippen molar-refractivity contribution in [3.05, 3.63) is 56.5 Å². The van der Waals surface area contributed by atoms with Gasteiger partial charge in [-0.3, -0.25) is 4.79 Å². The molecular formula is C15H10Cl3NO4. The molecule has 0 aromatic heterocycles. The lowest BCUT2D eigenvalue weighted by molar-refractivity contribution is 0.0696. The zero-order chi connectivity index (χ0) is 17.1. The predicted molar refractivity (Wildman–Crippen MR) is 89.4 cm³/mol. The molecule has 0 spiro atoms. The molecule has 0 saturated carbocycles. The molecule has 2 aromatic carbocycles. The van der Waals surface area contributed by atoms with Crippen LogP contribution in [0.1, 0.15) is 20.7 Å². The molecule has 23 heavy (non-hydrogen) atoms. The average Bonchev–Trinajstić information content (AvgIpc) is 2.49. The summed E-state index contributed by atoms with van der Waals surface area (Å²) in [7, 11) is 1.36. The maximum absolute atomic E-state index is 12.3. The number of rotatable bonds is 4. The highest BCUT2D eigenvalue weighted by Crippen LogP contribution is 2.35. The lowest BCUT2D eigenvalue weighted by Gasteiger charge is -2.13. The number of carbonyl (C=O) groups excluding carboxylic acids is 1. The standard InChI is InChI=1S/C15H10Cl3NO4/c1-23-13-11(18)5-8(15(21)22)6-12(13)19-14(20)7-2-3-9(16)10(17)4-7/h2-6H,1H3,(H,19,20)(H,21,22). The Morgan fingerprint density at radius 2 is 1.65 bits per heavy atom. The predicted octanol–water partition coefficient (Wildman–Crippen LogP) is 4.61. The lowest BCUT2D eigenvalue weighted by atomic mass is 10.1. The third-order valence-electron chi connectivity index (χ3n) is 2.92. The van der Waals surface area contributed by atoms with Crippen molar-refractivity contribution >= 4 is 52.4 Å². The van der Waals surface area contributed by atoms with Gasteiger partial charge in [-0.15, -0.1) is 0 Å². The van der Waals surface area contributed by atoms with Crippen molar-refractivity contribution in [1.29, 1.82) is 0 Å². The van der Waals surface area contributed by atoms with Crippen molar-refractivity contribution in [3.8, 4) is 5.75 Å². The van der Waals surface area contributed by atoms with Gasteiger partial charge in [0.2, 0.25) is 0 Å². The molecule has 2 N–H and O–H groups in total. The van der Waals surface area contributed by atoms with Gasteiger partial charge < -0.3 is 15.2 Å². The quantitative estimate of drug-likeness (QED) is 0.819. The third-order valence-corrected chi connectivity index (χ3v) is 3.94. The number of amides is 1. The second-order valence-corrected chi connectivity index (χ2v) is 5.65. The Balaban J connectivity index is 2.39. The summed E-state index contributed by atoms with van der Waals surface area (Å²) in [6.45, 7) is 0. The molecule has 0 unspecified atom stereocenters. The number of aromatic carboxylic acids is 1. The molecule has 0 heterocycles. The molecule has 0 radical (unpaired) electrons. The highest BCUT2D eigenvalue weighted by atomic mass is 35.5. The van der Waals surface area contributed by atoms with Crippen LogP contribution in [0, 0.1) is 0 Å². The second-order valence-electron chi connectivity index (χ2n) is 4.43. The van der Waals surface area contributed by atoms with Gasteiger partial charge in [-0.25, -0.2) is 4.79 Å². The molecule has 1 amide bonds. The fourth-order valence-electron chi connectivity index (χ4n) is 1.85. The fraction of sp³-hybridized carbons (Fsp3) is 0.0667. The molecule has 5 nitrogen and oxygen atoms in total. The maximum atomic E-state index is 12.3. The van der Waals surface area contributed by atoms with E-state index >= 15 is 0 Å². The van der Waals surface area contributed by atoms with Crippen molar-refractivity contribution < 1.29 is 19.4 Å². The van der Waals surface area contributed by atoms with Gasteiger partial charge in [0.15, 0.2) is 5.75 Å². The van der Waals surface area contributed by atoms with Crippen molar-refractivity contribution in [2.45, 2.75) is 0 Å². The number of hydrogen-bond donors (Lipinski definition) is 2. The molecule has 8 heteroatoms. The normalized spacial score (nSPS) is 10.3. The number of methoxy groups -OCH3 is 1. The molecule has 0 fully saturated rings. The van der Waals surface area contributed by atoms with E-state index in [1.807, 2.05) is 0 Å². The molecule has 0 saturated heterocycles. The average molecular weight is 375 g/mol. The van der Waals surface area contributed by atoms with E-state index in [4.69, 9.17) is 44.6 Å². The third kappa shape index (κ3) is 3.88. The minimum atomic E-state index is -1.18. The van der Waals surface area contributed by atoms with Gasteiger partial charge in [0.25, 0.3) is 5.91 Å². The van der Waals surface area contributed by atoms with Gasteiger partial charge in [-0.2, -0.15) is 0 Å². The number of ether oxygens (including phenoxy) is 1. The SMILES string of the molecule is COc1c(Cl)cc(C(=O)O)cc1NC(=O)c1ccc(Cl)c(Cl)c1. The van der Waals surface area contributed by atoms with Crippen molar-refractivity contribution in [2.24, 2.45) is 0 Å². The number of carboxylic acids is 1. The van der Waals surface area contributed by atoms with E-state index in [1.165, 1.54) is 37.4 Å². The highest BCUT2D eigenvalue weighted by Gasteiger charge is 2.17. The monoisotopic (exact) mass is 373 g/mol. The van der Waals surface area contributed by atoms with E-state index < -0.39 is 11.9 Å². The molecule has 0 aliphatic heterocycles. The Kier molecular flexibility index (Phi) is 5.36. The number of benzene rings is 2. The lowest BCUT2D eigenvalue weighted by Crippen LogP contribution is -2.13. The summed E-state index contributed by atoms with van der Waals surface area (Å²) < 4.78 is 5.10. The first-order valence-electron chi connectivity index (χ1n) is 6.20. The molecule has 2 rings (SSSR count). The van der Waals surface area contributed by atoms with Crippen LogP contribution >= 0.6 is 34.8 Å². The van der Waals surface area contributed by atoms with E-state index in [9.17, 15) is 9.59 Å². The largest absolute Gasteiger partial charge is 0.493 e. The van der Waals surface area contributed by atoms with Gasteiger partial charge in [-0.1, -0.05) is 34.8 Å². The van der Waals surface area contributed by atoms with E-state index in [1.54, 1.807) is 0 Å². The molecule has 120 valence electrons. The molecule has 0 atom stereocenters. The van der Waals surface area contributed by atoms with Crippen LogP contribution in [0.15, 0.2) is 30.3 Å². The van der Waals surface area contributed by atoms with Crippen molar-refractivity contribution in [2.75, 3.05) is 12.4 Å². The number of hydrogen-bond acceptors (Lipinski definition) is 3. The molecular weight excluding hydrogens is 365 g/mol. The number of carboxylic acid groups (broad SMARTS) is 1. The topological polar surface area (TPSA) is 75.6 Å². The molecule has 2 aromatic rings. The molecule has 0 aliphatic carbocycles. The minimum absolute atomic E-state index is 0.0665. The van der Waals surface area contributed by atoms with Gasteiger partial charge in [-0.05, 0) is 30.3 Å². The fourth-order valence-corrected chi connectivity index (χ4v) is 2.44. The molecule has 0 bridgehead atoms. The highest BCUT2D eigenvalue weighted by molar-refractivity contribution is 6.42. The summed E-state index contributed by atoms with van der Waals surface area (Å²) in [6, 6.07) is 6.85. The number of nitrogens with one attached hydrogen (secondary N) is 1. The first-order chi connectivity index (χ1) is 10.8. The van der Waals surface area contributed by atoms with Crippen LogP contribution in [0.4, 0.5) is 5.69 Å². The van der Waals surface area contributed by atoms with E-state index in [2.05, 4.69) is 5.32 Å². The number of halogens is 3. The minimum Gasteiger partial charge on any atom is -0.493 e. The first-order valence-corrected chi connectivity index (χ1v) is 7.34. The van der Waals surface area contributed by atoms with Crippen LogP contribution < -0.4 is 10.1 Å². The maximum Gasteiger partial charge on any atom is 0.335 e. The first kappa shape index (κ1) is 17.4. The second kappa shape index (κ2) is 7.08. The van der Waals surface area contributed by atoms with Crippen LogP contribution in [-0.4, -0.2) is 24.1 Å². The van der Waals surface area contributed by atoms with Gasteiger partial charge in [0.05, 0.1) is 33.4 Å². The number of anilines is 1. The van der Waals surface area contributed by atoms with Crippen molar-refractivity contribution in [3.63, 3.8) is 0 Å². The summed E-state index contributed by atoms with van der Waals surface area (Å²) in [5, 5.41) is 12.2. The van der Waals surface area contributed by atoms with Crippen LogP contribution in [0.25, 0.3) is 0 Å². The Morgan fingerprint density at radius 1 is 1.00 bits per heavy atom. The summed E-state index contributed by atoms with van der Waals surface area (Å²) in [5.74, 6) is -1.54. The van der Waals surface area contributed by atoms with Gasteiger partial charge in [0, 0.05) is 5.56 Å². The Morgan fingerprint density at radius 3 is 2.22 bits per heavy atom. The Labute approximate surface area is 146 Å². The van der Waals surface area contributed by atoms with Crippen LogP contribution in [0.5, 0.6) is 5.75 Å². The summed E-state index contributed by atoms with van der Waals surface area (Å²) in [4.78, 5) is 23.4. The summed E-state index contributed by atoms with van der Waals surface area (Å²) in [5.41, 5.74) is 0.298. The summed E-state index contributed by atoms with van der Waals surface area (Å²) in [6.07, 6.45) is 0. The molecule has 0 aliphatic rings. The zero-order valence-corrected chi connectivity index (χ0v) is 14.0. The zero-order valence-electron chi connectivity index (χ0n) is 11.7. The van der Waals surface area contributed by atoms with Gasteiger partial charge in [0.1, 0.15) is 0 Å². The number of carbonyl (C=O) groups is 2. The van der Waals surface area contributed by atoms with Crippen LogP contribution in [-0.2, 0) is 0 Å². The Hall–Kier alpha value is -1.95. The van der Waals surface area contributed by atoms with Crippen molar-refractivity contribution in [1.82, 2.24) is 0 Å². The van der Waals surface area contributed by atoms with Crippen LogP contribution in [0.2, 0.25) is 15.1 Å². The van der Waals surface area contributed by atoms with Gasteiger partial charge >= 0.3 is 5.97 Å². The smallest absolute Gasteiger partial charge is 0.335 e. The van der Waals surface area contributed by atoms with E-state index in [-0.39, 0.29) is 32.6 Å². The van der Waals surface area contributed by atoms with Crippen LogP contribution in [0.3, 0.4) is 0 Å². The van der Waals surface area contributed by atoms with E-state index in [0.717, 1.165) is 0 Å². The Bertz CT molecular complexity index is 793.